The van der Waals surface area contributed by atoms with E-state index >= 15 is 0 Å². The Bertz CT molecular complexity index is 704. The van der Waals surface area contributed by atoms with Crippen molar-refractivity contribution in [3.63, 3.8) is 0 Å². The van der Waals surface area contributed by atoms with Gasteiger partial charge in [-0.2, -0.15) is 4.37 Å². The maximum Gasteiger partial charge on any atom is 0.223 e. The molecule has 0 unspecified atom stereocenters. The van der Waals surface area contributed by atoms with Crippen LogP contribution in [-0.4, -0.2) is 46.3 Å². The molecule has 2 heterocycles. The predicted molar refractivity (Wildman–Crippen MR) is 112 cm³/mol. The van der Waals surface area contributed by atoms with Crippen LogP contribution in [0.1, 0.15) is 24.7 Å². The van der Waals surface area contributed by atoms with Gasteiger partial charge in [-0.3, -0.25) is 4.79 Å². The molecular formula is C17H25Cl2N5OS. The predicted octanol–water partition coefficient (Wildman–Crippen LogP) is 2.81. The van der Waals surface area contributed by atoms with Crippen LogP contribution in [0.3, 0.4) is 0 Å². The molecule has 1 aromatic heterocycles. The summed E-state index contributed by atoms with van der Waals surface area (Å²) in [7, 11) is 0. The third-order valence-electron chi connectivity index (χ3n) is 4.34. The second kappa shape index (κ2) is 10.5. The molecule has 26 heavy (non-hydrogen) atoms. The van der Waals surface area contributed by atoms with Crippen molar-refractivity contribution in [2.75, 3.05) is 36.8 Å². The molecule has 2 aromatic rings. The van der Waals surface area contributed by atoms with Crippen LogP contribution in [0.15, 0.2) is 24.3 Å². The summed E-state index contributed by atoms with van der Waals surface area (Å²) in [5, 5.41) is 0.969. The minimum absolute atomic E-state index is 0. The number of nitrogens with two attached hydrogens (primary N) is 1. The van der Waals surface area contributed by atoms with E-state index < -0.39 is 0 Å². The maximum atomic E-state index is 12.4. The van der Waals surface area contributed by atoms with Crippen molar-refractivity contribution in [1.29, 1.82) is 0 Å². The summed E-state index contributed by atoms with van der Waals surface area (Å²) in [5.74, 6) is 1.10. The van der Waals surface area contributed by atoms with E-state index in [0.29, 0.717) is 12.8 Å². The molecule has 1 aromatic carbocycles. The van der Waals surface area contributed by atoms with Crippen LogP contribution in [0.5, 0.6) is 0 Å². The average molecular weight is 418 g/mol. The van der Waals surface area contributed by atoms with E-state index in [1.807, 2.05) is 29.2 Å². The monoisotopic (exact) mass is 417 g/mol. The molecule has 1 aliphatic rings. The second-order valence-corrected chi connectivity index (χ2v) is 6.64. The Labute approximate surface area is 170 Å². The van der Waals surface area contributed by atoms with Gasteiger partial charge >= 0.3 is 0 Å². The van der Waals surface area contributed by atoms with E-state index in [1.165, 1.54) is 11.5 Å². The molecule has 2 N–H and O–H groups in total. The number of carbonyl (C=O) groups excluding carboxylic acids is 1. The number of para-hydroxylation sites is 1. The summed E-state index contributed by atoms with van der Waals surface area (Å²) in [4.78, 5) is 21.1. The zero-order valence-electron chi connectivity index (χ0n) is 14.8. The summed E-state index contributed by atoms with van der Waals surface area (Å²) >= 11 is 1.45. The zero-order chi connectivity index (χ0) is 16.9. The van der Waals surface area contributed by atoms with E-state index in [2.05, 4.69) is 21.2 Å². The Kier molecular flexibility index (Phi) is 9.12. The number of piperazine rings is 1. The number of benzene rings is 1. The molecule has 0 radical (unpaired) electrons. The zero-order valence-corrected chi connectivity index (χ0v) is 17.2. The van der Waals surface area contributed by atoms with Gasteiger partial charge in [0.15, 0.2) is 0 Å². The van der Waals surface area contributed by atoms with Crippen LogP contribution in [0, 0.1) is 0 Å². The first-order chi connectivity index (χ1) is 11.7. The van der Waals surface area contributed by atoms with Crippen LogP contribution >= 0.6 is 36.3 Å². The quantitative estimate of drug-likeness (QED) is 0.756. The largest absolute Gasteiger partial charge is 0.399 e. The maximum absolute atomic E-state index is 12.4. The van der Waals surface area contributed by atoms with Crippen molar-refractivity contribution in [3.05, 3.63) is 35.7 Å². The van der Waals surface area contributed by atoms with Gasteiger partial charge in [-0.25, -0.2) is 4.98 Å². The fraction of sp³-hybridized carbons (Fsp3) is 0.471. The highest BCUT2D eigenvalue weighted by atomic mass is 35.5. The minimum atomic E-state index is 0. The summed E-state index contributed by atoms with van der Waals surface area (Å²) < 4.78 is 4.33. The lowest BCUT2D eigenvalue weighted by molar-refractivity contribution is -0.131. The Morgan fingerprint density at radius 3 is 2.50 bits per heavy atom. The molecule has 1 aliphatic heterocycles. The van der Waals surface area contributed by atoms with Crippen LogP contribution in [0.4, 0.5) is 10.8 Å². The standard InChI is InChI=1S/C17H23N5OS.2ClH/c1-2-15-19-17(24-20-15)22-11-9-21(10-12-22)16(23)8-7-13-5-3-4-6-14(13)18;;/h3-6H,2,7-12,18H2,1H3;2*1H. The molecule has 0 spiro atoms. The topological polar surface area (TPSA) is 75.4 Å². The van der Waals surface area contributed by atoms with Gasteiger partial charge in [-0.05, 0) is 18.1 Å². The Morgan fingerprint density at radius 1 is 1.19 bits per heavy atom. The lowest BCUT2D eigenvalue weighted by Crippen LogP contribution is -2.48. The summed E-state index contributed by atoms with van der Waals surface area (Å²) in [6.45, 7) is 5.17. The molecule has 144 valence electrons. The van der Waals surface area contributed by atoms with Crippen LogP contribution in [0.25, 0.3) is 0 Å². The van der Waals surface area contributed by atoms with Crippen molar-refractivity contribution in [2.24, 2.45) is 0 Å². The van der Waals surface area contributed by atoms with E-state index in [4.69, 9.17) is 5.73 Å². The van der Waals surface area contributed by atoms with Crippen molar-refractivity contribution in [1.82, 2.24) is 14.3 Å². The van der Waals surface area contributed by atoms with Gasteiger partial charge in [0.2, 0.25) is 11.0 Å². The highest BCUT2D eigenvalue weighted by molar-refractivity contribution is 7.09. The van der Waals surface area contributed by atoms with Crippen molar-refractivity contribution < 1.29 is 4.79 Å². The molecule has 0 saturated carbocycles. The van der Waals surface area contributed by atoms with E-state index in [1.54, 1.807) is 0 Å². The normalized spacial score (nSPS) is 13.7. The smallest absolute Gasteiger partial charge is 0.223 e. The highest BCUT2D eigenvalue weighted by Gasteiger charge is 2.23. The van der Waals surface area contributed by atoms with Crippen molar-refractivity contribution in [2.45, 2.75) is 26.2 Å². The molecule has 1 fully saturated rings. The summed E-state index contributed by atoms with van der Waals surface area (Å²) in [5.41, 5.74) is 7.75. The fourth-order valence-corrected chi connectivity index (χ4v) is 3.63. The van der Waals surface area contributed by atoms with Gasteiger partial charge in [-0.15, -0.1) is 24.8 Å². The van der Waals surface area contributed by atoms with Crippen LogP contribution < -0.4 is 10.6 Å². The molecular weight excluding hydrogens is 393 g/mol. The molecule has 0 aliphatic carbocycles. The Morgan fingerprint density at radius 2 is 1.88 bits per heavy atom. The summed E-state index contributed by atoms with van der Waals surface area (Å²) in [6.07, 6.45) is 2.06. The molecule has 0 atom stereocenters. The van der Waals surface area contributed by atoms with E-state index in [0.717, 1.165) is 54.8 Å². The first kappa shape index (κ1) is 22.5. The first-order valence-corrected chi connectivity index (χ1v) is 9.13. The molecule has 0 bridgehead atoms. The number of aryl methyl sites for hydroxylation is 2. The number of hydrogen-bond donors (Lipinski definition) is 1. The number of hydrogen-bond acceptors (Lipinski definition) is 6. The van der Waals surface area contributed by atoms with Gasteiger partial charge in [0.05, 0.1) is 0 Å². The SMILES string of the molecule is CCc1nsc(N2CCN(C(=O)CCc3ccccc3N)CC2)n1.Cl.Cl. The molecule has 6 nitrogen and oxygen atoms in total. The van der Waals surface area contributed by atoms with Gasteiger partial charge in [-0.1, -0.05) is 25.1 Å². The third kappa shape index (κ3) is 5.46. The molecule has 1 saturated heterocycles. The summed E-state index contributed by atoms with van der Waals surface area (Å²) in [6, 6.07) is 7.74. The van der Waals surface area contributed by atoms with Crippen molar-refractivity contribution in [3.8, 4) is 0 Å². The number of aromatic nitrogens is 2. The Hall–Kier alpha value is -1.57. The average Bonchev–Trinajstić information content (AvgIpc) is 3.10. The molecule has 3 rings (SSSR count). The van der Waals surface area contributed by atoms with Gasteiger partial charge in [0.1, 0.15) is 5.82 Å². The van der Waals surface area contributed by atoms with Crippen molar-refractivity contribution >= 4 is 53.1 Å². The number of anilines is 2. The molecule has 9 heteroatoms. The van der Waals surface area contributed by atoms with Gasteiger partial charge < -0.3 is 15.5 Å². The minimum Gasteiger partial charge on any atom is -0.399 e. The second-order valence-electron chi connectivity index (χ2n) is 5.91. The highest BCUT2D eigenvalue weighted by Crippen LogP contribution is 2.20. The molecule has 1 amide bonds. The first-order valence-electron chi connectivity index (χ1n) is 8.36. The number of amides is 1. The van der Waals surface area contributed by atoms with E-state index in [9.17, 15) is 4.79 Å². The lowest BCUT2D eigenvalue weighted by atomic mass is 10.1. The Balaban J connectivity index is 0.00000169. The van der Waals surface area contributed by atoms with Gasteiger partial charge in [0.25, 0.3) is 0 Å². The number of halogens is 2. The lowest BCUT2D eigenvalue weighted by Gasteiger charge is -2.34. The fourth-order valence-electron chi connectivity index (χ4n) is 2.83. The van der Waals surface area contributed by atoms with Gasteiger partial charge in [0, 0.05) is 56.2 Å². The number of carbonyl (C=O) groups is 1. The van der Waals surface area contributed by atoms with Crippen LogP contribution in [0.2, 0.25) is 0 Å². The number of nitrogen functional groups attached to an aromatic ring is 1. The van der Waals surface area contributed by atoms with E-state index in [-0.39, 0.29) is 30.7 Å². The number of rotatable bonds is 5. The number of nitrogens with zero attached hydrogens (tertiary/aromatic N) is 4. The third-order valence-corrected chi connectivity index (χ3v) is 5.15. The van der Waals surface area contributed by atoms with Crippen LogP contribution in [-0.2, 0) is 17.6 Å².